The van der Waals surface area contributed by atoms with E-state index in [-0.39, 0.29) is 23.0 Å². The molecule has 150 valence electrons. The Morgan fingerprint density at radius 3 is 2.34 bits per heavy atom. The van der Waals surface area contributed by atoms with Crippen molar-refractivity contribution in [2.75, 3.05) is 4.72 Å². The number of carbonyl (C=O) groups excluding carboxylic acids is 1. The maximum absolute atomic E-state index is 13.9. The van der Waals surface area contributed by atoms with Gasteiger partial charge in [0.15, 0.2) is 0 Å². The number of rotatable bonds is 7. The lowest BCUT2D eigenvalue weighted by atomic mass is 10.1. The van der Waals surface area contributed by atoms with Gasteiger partial charge in [0.05, 0.1) is 6.42 Å². The molecule has 1 heterocycles. The standard InChI is InChI=1S/C20H17ClFN3O3S/c21-16-3-6-19(18(22)12-16)29(27,28)25-17-4-1-14(2-5-17)11-20(26)24-13-15-7-9-23-10-8-15/h1-10,12,25H,11,13H2,(H,24,26). The molecule has 29 heavy (non-hydrogen) atoms. The van der Waals surface area contributed by atoms with E-state index >= 15 is 0 Å². The van der Waals surface area contributed by atoms with Gasteiger partial charge in [0.2, 0.25) is 5.91 Å². The average molecular weight is 434 g/mol. The van der Waals surface area contributed by atoms with Crippen LogP contribution in [0.2, 0.25) is 5.02 Å². The number of nitrogens with zero attached hydrogens (tertiary/aromatic N) is 1. The number of benzene rings is 2. The van der Waals surface area contributed by atoms with Gasteiger partial charge in [-0.15, -0.1) is 0 Å². The molecule has 0 unspecified atom stereocenters. The summed E-state index contributed by atoms with van der Waals surface area (Å²) in [5.74, 6) is -1.11. The summed E-state index contributed by atoms with van der Waals surface area (Å²) < 4.78 is 40.9. The minimum Gasteiger partial charge on any atom is -0.352 e. The Morgan fingerprint density at radius 1 is 1.00 bits per heavy atom. The number of hydrogen-bond donors (Lipinski definition) is 2. The van der Waals surface area contributed by atoms with Crippen LogP contribution in [0, 0.1) is 5.82 Å². The third-order valence-electron chi connectivity index (χ3n) is 3.99. The van der Waals surface area contributed by atoms with Gasteiger partial charge in [-0.1, -0.05) is 23.7 Å². The van der Waals surface area contributed by atoms with Gasteiger partial charge >= 0.3 is 0 Å². The van der Waals surface area contributed by atoms with Crippen LogP contribution in [0.3, 0.4) is 0 Å². The zero-order valence-corrected chi connectivity index (χ0v) is 16.7. The van der Waals surface area contributed by atoms with E-state index in [2.05, 4.69) is 15.0 Å². The van der Waals surface area contributed by atoms with Crippen LogP contribution in [-0.4, -0.2) is 19.3 Å². The highest BCUT2D eigenvalue weighted by Gasteiger charge is 2.19. The Morgan fingerprint density at radius 2 is 1.69 bits per heavy atom. The fourth-order valence-electron chi connectivity index (χ4n) is 2.54. The first-order valence-electron chi connectivity index (χ1n) is 8.56. The second-order valence-corrected chi connectivity index (χ2v) is 8.27. The molecule has 0 saturated carbocycles. The molecule has 0 saturated heterocycles. The molecule has 1 amide bonds. The Balaban J connectivity index is 1.60. The van der Waals surface area contributed by atoms with Crippen LogP contribution in [0.25, 0.3) is 0 Å². The topological polar surface area (TPSA) is 88.2 Å². The highest BCUT2D eigenvalue weighted by atomic mass is 35.5. The highest BCUT2D eigenvalue weighted by Crippen LogP contribution is 2.22. The Labute approximate surface area is 172 Å². The zero-order valence-electron chi connectivity index (χ0n) is 15.1. The number of aromatic nitrogens is 1. The largest absolute Gasteiger partial charge is 0.352 e. The predicted molar refractivity (Wildman–Crippen MR) is 108 cm³/mol. The third kappa shape index (κ3) is 5.75. The summed E-state index contributed by atoms with van der Waals surface area (Å²) in [5.41, 5.74) is 1.89. The van der Waals surface area contributed by atoms with Crippen molar-refractivity contribution in [3.05, 3.63) is 89.0 Å². The fourth-order valence-corrected chi connectivity index (χ4v) is 3.82. The number of carbonyl (C=O) groups is 1. The van der Waals surface area contributed by atoms with Crippen LogP contribution < -0.4 is 10.0 Å². The summed E-state index contributed by atoms with van der Waals surface area (Å²) in [4.78, 5) is 15.5. The molecule has 0 bridgehead atoms. The molecule has 0 aliphatic rings. The summed E-state index contributed by atoms with van der Waals surface area (Å²) in [5, 5.41) is 2.91. The highest BCUT2D eigenvalue weighted by molar-refractivity contribution is 7.92. The van der Waals surface area contributed by atoms with Crippen molar-refractivity contribution in [3.8, 4) is 0 Å². The van der Waals surface area contributed by atoms with Crippen molar-refractivity contribution in [1.29, 1.82) is 0 Å². The molecule has 0 aliphatic carbocycles. The molecule has 0 aliphatic heterocycles. The fraction of sp³-hybridized carbons (Fsp3) is 0.100. The van der Waals surface area contributed by atoms with Crippen molar-refractivity contribution < 1.29 is 17.6 Å². The first-order chi connectivity index (χ1) is 13.8. The molecule has 0 atom stereocenters. The van der Waals surface area contributed by atoms with Gasteiger partial charge in [0.25, 0.3) is 10.0 Å². The zero-order chi connectivity index (χ0) is 20.9. The van der Waals surface area contributed by atoms with Crippen LogP contribution in [0.4, 0.5) is 10.1 Å². The maximum Gasteiger partial charge on any atom is 0.264 e. The van der Waals surface area contributed by atoms with Gasteiger partial charge in [0, 0.05) is 29.6 Å². The SMILES string of the molecule is O=C(Cc1ccc(NS(=O)(=O)c2ccc(Cl)cc2F)cc1)NCc1ccncc1. The molecule has 0 spiro atoms. The number of hydrogen-bond acceptors (Lipinski definition) is 4. The van der Waals surface area contributed by atoms with Gasteiger partial charge < -0.3 is 5.32 Å². The quantitative estimate of drug-likeness (QED) is 0.596. The maximum atomic E-state index is 13.9. The first-order valence-corrected chi connectivity index (χ1v) is 10.4. The third-order valence-corrected chi connectivity index (χ3v) is 5.64. The van der Waals surface area contributed by atoms with Gasteiger partial charge in [-0.25, -0.2) is 12.8 Å². The number of halogens is 2. The van der Waals surface area contributed by atoms with E-state index in [1.165, 1.54) is 18.2 Å². The molecule has 2 aromatic carbocycles. The minimum absolute atomic E-state index is 0.105. The minimum atomic E-state index is -4.10. The molecular formula is C20H17ClFN3O3S. The number of amides is 1. The van der Waals surface area contributed by atoms with E-state index in [1.54, 1.807) is 24.5 Å². The molecule has 0 fully saturated rings. The molecule has 3 aromatic rings. The van der Waals surface area contributed by atoms with Crippen LogP contribution in [0.5, 0.6) is 0 Å². The first kappa shape index (κ1) is 20.8. The molecular weight excluding hydrogens is 417 g/mol. The second-order valence-electron chi connectivity index (χ2n) is 6.19. The Hall–Kier alpha value is -2.97. The Kier molecular flexibility index (Phi) is 6.46. The van der Waals surface area contributed by atoms with Crippen LogP contribution in [0.1, 0.15) is 11.1 Å². The molecule has 3 rings (SSSR count). The van der Waals surface area contributed by atoms with Crippen molar-refractivity contribution in [1.82, 2.24) is 10.3 Å². The summed E-state index contributed by atoms with van der Waals surface area (Å²) in [6.45, 7) is 0.395. The van der Waals surface area contributed by atoms with Crippen molar-refractivity contribution >= 4 is 33.2 Å². The lowest BCUT2D eigenvalue weighted by Crippen LogP contribution is -2.24. The lowest BCUT2D eigenvalue weighted by molar-refractivity contribution is -0.120. The van der Waals surface area contributed by atoms with Crippen LogP contribution in [0.15, 0.2) is 71.9 Å². The van der Waals surface area contributed by atoms with Crippen molar-refractivity contribution in [2.45, 2.75) is 17.9 Å². The van der Waals surface area contributed by atoms with Crippen LogP contribution in [-0.2, 0) is 27.8 Å². The summed E-state index contributed by atoms with van der Waals surface area (Å²) in [6.07, 6.45) is 3.44. The number of sulfonamides is 1. The van der Waals surface area contributed by atoms with Crippen LogP contribution >= 0.6 is 11.6 Å². The van der Waals surface area contributed by atoms with E-state index in [0.29, 0.717) is 12.1 Å². The normalized spacial score (nSPS) is 11.1. The van der Waals surface area contributed by atoms with Gasteiger partial charge in [-0.2, -0.15) is 0 Å². The van der Waals surface area contributed by atoms with E-state index in [9.17, 15) is 17.6 Å². The number of pyridine rings is 1. The van der Waals surface area contributed by atoms with E-state index < -0.39 is 20.7 Å². The molecule has 2 N–H and O–H groups in total. The summed E-state index contributed by atoms with van der Waals surface area (Å²) in [6, 6.07) is 13.2. The summed E-state index contributed by atoms with van der Waals surface area (Å²) in [7, 11) is -4.10. The predicted octanol–water partition coefficient (Wildman–Crippen LogP) is 3.53. The molecule has 1 aromatic heterocycles. The average Bonchev–Trinajstić information content (AvgIpc) is 2.68. The van der Waals surface area contributed by atoms with E-state index in [1.807, 2.05) is 12.1 Å². The van der Waals surface area contributed by atoms with E-state index in [0.717, 1.165) is 17.7 Å². The van der Waals surface area contributed by atoms with E-state index in [4.69, 9.17) is 11.6 Å². The van der Waals surface area contributed by atoms with Gasteiger partial charge in [-0.05, 0) is 53.6 Å². The monoisotopic (exact) mass is 433 g/mol. The Bertz CT molecular complexity index is 1110. The lowest BCUT2D eigenvalue weighted by Gasteiger charge is -2.10. The smallest absolute Gasteiger partial charge is 0.264 e. The molecule has 9 heteroatoms. The van der Waals surface area contributed by atoms with Crippen molar-refractivity contribution in [3.63, 3.8) is 0 Å². The molecule has 0 radical (unpaired) electrons. The van der Waals surface area contributed by atoms with Gasteiger partial charge in [-0.3, -0.25) is 14.5 Å². The number of nitrogens with one attached hydrogen (secondary N) is 2. The number of anilines is 1. The second kappa shape index (κ2) is 9.02. The van der Waals surface area contributed by atoms with Crippen molar-refractivity contribution in [2.24, 2.45) is 0 Å². The molecule has 6 nitrogen and oxygen atoms in total. The van der Waals surface area contributed by atoms with Gasteiger partial charge in [0.1, 0.15) is 10.7 Å². The summed E-state index contributed by atoms with van der Waals surface area (Å²) >= 11 is 5.65.